The number of carbonyl (C=O) groups excluding carboxylic acids is 1. The number of esters is 1. The number of ether oxygens (including phenoxy) is 3. The van der Waals surface area contributed by atoms with E-state index < -0.39 is 6.29 Å². The summed E-state index contributed by atoms with van der Waals surface area (Å²) in [5.74, 6) is 0.587. The predicted molar refractivity (Wildman–Crippen MR) is 59.9 cm³/mol. The van der Waals surface area contributed by atoms with Crippen LogP contribution in [-0.2, 0) is 14.3 Å². The average Bonchev–Trinajstić information content (AvgIpc) is 3.03. The van der Waals surface area contributed by atoms with E-state index in [0.29, 0.717) is 0 Å². The highest BCUT2D eigenvalue weighted by molar-refractivity contribution is 5.91. The number of anilines is 1. The molecule has 5 heteroatoms. The first-order valence-corrected chi connectivity index (χ1v) is 5.42. The fourth-order valence-electron chi connectivity index (χ4n) is 2.31. The Hall–Kier alpha value is -1.75. The van der Waals surface area contributed by atoms with Crippen LogP contribution in [0.5, 0.6) is 5.75 Å². The van der Waals surface area contributed by atoms with E-state index in [9.17, 15) is 4.79 Å². The second-order valence-corrected chi connectivity index (χ2v) is 4.08. The molecule has 2 aliphatic rings. The number of methoxy groups -OCH3 is 2. The Morgan fingerprint density at radius 3 is 2.53 bits per heavy atom. The Bertz CT molecular complexity index is 444. The second kappa shape index (κ2) is 3.63. The summed E-state index contributed by atoms with van der Waals surface area (Å²) in [6.45, 7) is 0. The summed E-state index contributed by atoms with van der Waals surface area (Å²) < 4.78 is 15.3. The standard InChI is InChI=1S/C12H13NO4/c1-15-8-5-3-7(4-6-8)13-9-10(13)12(16-2)17-11(9)14/h3-6,9-10,12H,1-2H3/t9?,10?,12-,13?/m1/s1. The molecule has 3 rings (SSSR count). The third-order valence-corrected chi connectivity index (χ3v) is 3.21. The molecule has 0 saturated carbocycles. The number of carbonyl (C=O) groups is 1. The maximum absolute atomic E-state index is 11.5. The maximum atomic E-state index is 11.5. The lowest BCUT2D eigenvalue weighted by Gasteiger charge is -2.16. The van der Waals surface area contributed by atoms with Gasteiger partial charge in [-0.25, -0.2) is 4.79 Å². The molecule has 2 heterocycles. The van der Waals surface area contributed by atoms with Crippen molar-refractivity contribution in [1.29, 1.82) is 0 Å². The third kappa shape index (κ3) is 1.46. The van der Waals surface area contributed by atoms with Gasteiger partial charge in [0.2, 0.25) is 6.29 Å². The average molecular weight is 235 g/mol. The molecule has 0 aromatic heterocycles. The number of fused-ring (bicyclic) bond motifs is 1. The van der Waals surface area contributed by atoms with Crippen LogP contribution in [0.25, 0.3) is 0 Å². The van der Waals surface area contributed by atoms with Crippen LogP contribution >= 0.6 is 0 Å². The van der Waals surface area contributed by atoms with Crippen LogP contribution in [0, 0.1) is 0 Å². The van der Waals surface area contributed by atoms with Crippen LogP contribution in [0.1, 0.15) is 0 Å². The van der Waals surface area contributed by atoms with Crippen molar-refractivity contribution < 1.29 is 19.0 Å². The highest BCUT2D eigenvalue weighted by atomic mass is 16.7. The van der Waals surface area contributed by atoms with Crippen LogP contribution in [0.2, 0.25) is 0 Å². The normalized spacial score (nSPS) is 29.9. The molecule has 2 saturated heterocycles. The first-order valence-electron chi connectivity index (χ1n) is 5.42. The van der Waals surface area contributed by atoms with Crippen molar-refractivity contribution in [2.75, 3.05) is 19.1 Å². The zero-order chi connectivity index (χ0) is 12.0. The SMILES string of the molecule is COc1ccc(N2C3C(=O)O[C@@H](OC)C32)cc1. The van der Waals surface area contributed by atoms with E-state index in [4.69, 9.17) is 14.2 Å². The monoisotopic (exact) mass is 235 g/mol. The van der Waals surface area contributed by atoms with E-state index in [2.05, 4.69) is 0 Å². The molecule has 0 aliphatic carbocycles. The summed E-state index contributed by atoms with van der Waals surface area (Å²) >= 11 is 0. The largest absolute Gasteiger partial charge is 0.497 e. The number of hydrogen-bond donors (Lipinski definition) is 0. The summed E-state index contributed by atoms with van der Waals surface area (Å²) in [5.41, 5.74) is 0.986. The smallest absolute Gasteiger partial charge is 0.333 e. The Balaban J connectivity index is 1.81. The van der Waals surface area contributed by atoms with E-state index in [1.807, 2.05) is 29.2 Å². The van der Waals surface area contributed by atoms with Crippen LogP contribution in [0.4, 0.5) is 5.69 Å². The molecule has 0 spiro atoms. The zero-order valence-electron chi connectivity index (χ0n) is 9.62. The topological polar surface area (TPSA) is 47.8 Å². The van der Waals surface area contributed by atoms with Crippen LogP contribution in [0.3, 0.4) is 0 Å². The highest BCUT2D eigenvalue weighted by Gasteiger charge is 2.65. The Morgan fingerprint density at radius 2 is 1.94 bits per heavy atom. The van der Waals surface area contributed by atoms with E-state index in [1.54, 1.807) is 14.2 Å². The minimum absolute atomic E-state index is 0.0147. The minimum Gasteiger partial charge on any atom is -0.497 e. The predicted octanol–water partition coefficient (Wildman–Crippen LogP) is 0.782. The summed E-state index contributed by atoms with van der Waals surface area (Å²) in [7, 11) is 3.17. The fraction of sp³-hybridized carbons (Fsp3) is 0.417. The Kier molecular flexibility index (Phi) is 2.22. The Morgan fingerprint density at radius 1 is 1.24 bits per heavy atom. The van der Waals surface area contributed by atoms with E-state index in [1.165, 1.54) is 0 Å². The third-order valence-electron chi connectivity index (χ3n) is 3.21. The molecule has 2 fully saturated rings. The lowest BCUT2D eigenvalue weighted by Crippen LogP contribution is -2.25. The molecule has 90 valence electrons. The Labute approximate surface area is 98.9 Å². The van der Waals surface area contributed by atoms with Gasteiger partial charge in [0.15, 0.2) is 6.04 Å². The van der Waals surface area contributed by atoms with Crippen LogP contribution < -0.4 is 9.64 Å². The van der Waals surface area contributed by atoms with Crippen molar-refractivity contribution in [3.63, 3.8) is 0 Å². The molecule has 0 bridgehead atoms. The second-order valence-electron chi connectivity index (χ2n) is 4.08. The van der Waals surface area contributed by atoms with Gasteiger partial charge in [-0.2, -0.15) is 0 Å². The van der Waals surface area contributed by atoms with Crippen LogP contribution in [0.15, 0.2) is 24.3 Å². The molecule has 2 aliphatic heterocycles. The van der Waals surface area contributed by atoms with E-state index in [0.717, 1.165) is 11.4 Å². The van der Waals surface area contributed by atoms with Gasteiger partial charge in [0.25, 0.3) is 0 Å². The lowest BCUT2D eigenvalue weighted by atomic mass is 10.3. The zero-order valence-corrected chi connectivity index (χ0v) is 9.62. The summed E-state index contributed by atoms with van der Waals surface area (Å²) in [4.78, 5) is 13.5. The maximum Gasteiger partial charge on any atom is 0.333 e. The van der Waals surface area contributed by atoms with E-state index in [-0.39, 0.29) is 18.1 Å². The molecule has 0 amide bonds. The van der Waals surface area contributed by atoms with Gasteiger partial charge in [0.1, 0.15) is 11.8 Å². The first-order chi connectivity index (χ1) is 8.26. The van der Waals surface area contributed by atoms with E-state index >= 15 is 0 Å². The number of benzene rings is 1. The van der Waals surface area contributed by atoms with Crippen molar-refractivity contribution in [2.45, 2.75) is 18.4 Å². The number of rotatable bonds is 3. The van der Waals surface area contributed by atoms with Crippen molar-refractivity contribution in [3.05, 3.63) is 24.3 Å². The number of cyclic esters (lactones) is 1. The van der Waals surface area contributed by atoms with Gasteiger partial charge in [0.05, 0.1) is 7.11 Å². The molecular formula is C12H13NO4. The molecule has 5 nitrogen and oxygen atoms in total. The molecule has 2 unspecified atom stereocenters. The van der Waals surface area contributed by atoms with Crippen molar-refractivity contribution >= 4 is 11.7 Å². The van der Waals surface area contributed by atoms with Gasteiger partial charge in [-0.05, 0) is 24.3 Å². The molecule has 17 heavy (non-hydrogen) atoms. The van der Waals surface area contributed by atoms with Gasteiger partial charge < -0.3 is 19.1 Å². The van der Waals surface area contributed by atoms with Gasteiger partial charge >= 0.3 is 5.97 Å². The minimum atomic E-state index is -0.449. The molecule has 3 atom stereocenters. The van der Waals surface area contributed by atoms with Gasteiger partial charge in [-0.1, -0.05) is 0 Å². The lowest BCUT2D eigenvalue weighted by molar-refractivity contribution is -0.161. The van der Waals surface area contributed by atoms with Crippen molar-refractivity contribution in [2.24, 2.45) is 0 Å². The molecule has 1 aromatic rings. The number of morpholine rings is 1. The molecule has 1 aromatic carbocycles. The molecule has 0 radical (unpaired) electrons. The van der Waals surface area contributed by atoms with Crippen LogP contribution in [-0.4, -0.2) is 38.6 Å². The number of nitrogens with zero attached hydrogens (tertiary/aromatic N) is 1. The quantitative estimate of drug-likeness (QED) is 0.572. The molecular weight excluding hydrogens is 222 g/mol. The molecule has 0 N–H and O–H groups in total. The summed E-state index contributed by atoms with van der Waals surface area (Å²) in [6.07, 6.45) is -0.449. The number of hydrogen-bond acceptors (Lipinski definition) is 5. The fourth-order valence-corrected chi connectivity index (χ4v) is 2.31. The van der Waals surface area contributed by atoms with Crippen molar-refractivity contribution in [1.82, 2.24) is 0 Å². The van der Waals surface area contributed by atoms with Crippen molar-refractivity contribution in [3.8, 4) is 5.75 Å². The summed E-state index contributed by atoms with van der Waals surface area (Å²) in [6, 6.07) is 7.43. The first kappa shape index (κ1) is 10.4. The highest BCUT2D eigenvalue weighted by Crippen LogP contribution is 2.44. The van der Waals surface area contributed by atoms with Gasteiger partial charge in [-0.15, -0.1) is 0 Å². The van der Waals surface area contributed by atoms with Gasteiger partial charge in [0, 0.05) is 12.8 Å². The van der Waals surface area contributed by atoms with Gasteiger partial charge in [-0.3, -0.25) is 0 Å². The summed E-state index contributed by atoms with van der Waals surface area (Å²) in [5, 5.41) is 0.